The van der Waals surface area contributed by atoms with Crippen LogP contribution in [-0.2, 0) is 4.74 Å². The number of fused-ring (bicyclic) bond motifs is 1. The van der Waals surface area contributed by atoms with Crippen LogP contribution >= 0.6 is 0 Å². The fraction of sp³-hybridized carbons (Fsp3) is 0.300. The van der Waals surface area contributed by atoms with Gasteiger partial charge in [-0.2, -0.15) is 0 Å². The van der Waals surface area contributed by atoms with Crippen LogP contribution in [0.25, 0.3) is 11.0 Å². The number of ether oxygens (including phenoxy) is 2. The minimum absolute atomic E-state index is 0.0546. The van der Waals surface area contributed by atoms with E-state index >= 15 is 0 Å². The molecule has 1 atom stereocenters. The van der Waals surface area contributed by atoms with Crippen molar-refractivity contribution < 1.29 is 19.0 Å². The van der Waals surface area contributed by atoms with E-state index in [1.54, 1.807) is 12.1 Å². The second-order valence-corrected chi connectivity index (χ2v) is 3.92. The minimum Gasteiger partial charge on any atom is -0.739 e. The molecule has 1 aliphatic heterocycles. The number of epoxide rings is 1. The fourth-order valence-corrected chi connectivity index (χ4v) is 1.63. The number of hydrogen-bond donors (Lipinski definition) is 1. The Kier molecular flexibility index (Phi) is 2.30. The molecule has 8 nitrogen and oxygen atoms in total. The molecule has 8 heteroatoms. The minimum atomic E-state index is -0.420. The van der Waals surface area contributed by atoms with Gasteiger partial charge in [0, 0.05) is 10.9 Å². The lowest BCUT2D eigenvalue weighted by molar-refractivity contribution is -0.672. The van der Waals surface area contributed by atoms with Crippen molar-refractivity contribution in [3.63, 3.8) is 0 Å². The third-order valence-corrected chi connectivity index (χ3v) is 2.62. The Morgan fingerprint density at radius 3 is 3.00 bits per heavy atom. The van der Waals surface area contributed by atoms with E-state index in [2.05, 4.69) is 5.10 Å². The molecule has 2 N–H and O–H groups in total. The average Bonchev–Trinajstić information content (AvgIpc) is 3.17. The summed E-state index contributed by atoms with van der Waals surface area (Å²) in [5.41, 5.74) is 5.54. The van der Waals surface area contributed by atoms with E-state index in [-0.39, 0.29) is 22.9 Å². The molecule has 0 radical (unpaired) electrons. The average molecular weight is 250 g/mol. The van der Waals surface area contributed by atoms with Crippen LogP contribution in [0.1, 0.15) is 0 Å². The molecule has 3 rings (SSSR count). The molecule has 1 fully saturated rings. The highest BCUT2D eigenvalue weighted by molar-refractivity contribution is 5.75. The van der Waals surface area contributed by atoms with Crippen LogP contribution in [0, 0.1) is 10.4 Å². The van der Waals surface area contributed by atoms with Gasteiger partial charge in [-0.3, -0.25) is 5.73 Å². The normalized spacial score (nSPS) is 17.9. The highest BCUT2D eigenvalue weighted by atomic mass is 16.6. The number of nitrogen functional groups attached to an aromatic ring is 1. The lowest BCUT2D eigenvalue weighted by atomic mass is 10.3. The lowest BCUT2D eigenvalue weighted by Gasteiger charge is -2.11. The molecule has 0 spiro atoms. The summed E-state index contributed by atoms with van der Waals surface area (Å²) in [5, 5.41) is 26.7. The molecule has 2 aromatic rings. The van der Waals surface area contributed by atoms with E-state index in [9.17, 15) is 10.4 Å². The molecular weight excluding hydrogens is 240 g/mol. The first kappa shape index (κ1) is 10.8. The maximum absolute atomic E-state index is 11.8. The summed E-state index contributed by atoms with van der Waals surface area (Å²) in [6.45, 7) is 0.980. The zero-order chi connectivity index (χ0) is 12.7. The van der Waals surface area contributed by atoms with E-state index in [0.717, 1.165) is 0 Å². The Bertz CT molecular complexity index is 614. The number of anilines is 1. The number of aromatic nitrogens is 3. The van der Waals surface area contributed by atoms with Crippen molar-refractivity contribution in [1.82, 2.24) is 5.10 Å². The quantitative estimate of drug-likeness (QED) is 0.418. The third-order valence-electron chi connectivity index (χ3n) is 2.62. The van der Waals surface area contributed by atoms with Crippen LogP contribution < -0.4 is 20.0 Å². The molecule has 18 heavy (non-hydrogen) atoms. The summed E-state index contributed by atoms with van der Waals surface area (Å²) in [5.74, 6) is -0.132. The largest absolute Gasteiger partial charge is 0.739 e. The number of nitrogens with two attached hydrogens (primary N) is 1. The smallest absolute Gasteiger partial charge is 0.458 e. The van der Waals surface area contributed by atoms with Gasteiger partial charge in [0.1, 0.15) is 12.7 Å². The Balaban J connectivity index is 2.11. The molecule has 1 aromatic carbocycles. The monoisotopic (exact) mass is 250 g/mol. The molecular formula is C10H10N4O4. The van der Waals surface area contributed by atoms with Gasteiger partial charge in [0.2, 0.25) is 10.6 Å². The van der Waals surface area contributed by atoms with Gasteiger partial charge < -0.3 is 19.9 Å². The maximum Gasteiger partial charge on any atom is 0.458 e. The van der Waals surface area contributed by atoms with Crippen molar-refractivity contribution in [3.8, 4) is 5.75 Å². The number of benzene rings is 1. The van der Waals surface area contributed by atoms with Gasteiger partial charge >= 0.3 is 11.5 Å². The maximum atomic E-state index is 11.8. The summed E-state index contributed by atoms with van der Waals surface area (Å²) in [7, 11) is 0. The van der Waals surface area contributed by atoms with E-state index in [0.29, 0.717) is 22.8 Å². The molecule has 1 aromatic heterocycles. The third kappa shape index (κ3) is 1.72. The predicted molar refractivity (Wildman–Crippen MR) is 59.3 cm³/mol. The van der Waals surface area contributed by atoms with Gasteiger partial charge in [0.25, 0.3) is 0 Å². The summed E-state index contributed by atoms with van der Waals surface area (Å²) < 4.78 is 10.8. The Labute approximate surface area is 101 Å². The molecule has 2 heterocycles. The zero-order valence-corrected chi connectivity index (χ0v) is 9.28. The van der Waals surface area contributed by atoms with Gasteiger partial charge in [-0.25, -0.2) is 4.73 Å². The standard InChI is InChI=1S/C10H10N4O4/c11-10-12-14(16)7-2-1-3-8(9(7)13(10)15)18-5-6-4-17-6/h1-3,6H,4-5H2,(H2,11,12). The first-order chi connectivity index (χ1) is 8.66. The predicted octanol–water partition coefficient (Wildman–Crippen LogP) is -1.14. The van der Waals surface area contributed by atoms with Gasteiger partial charge in [-0.1, -0.05) is 6.07 Å². The number of nitrogens with zero attached hydrogens (tertiary/aromatic N) is 3. The Morgan fingerprint density at radius 1 is 1.50 bits per heavy atom. The summed E-state index contributed by atoms with van der Waals surface area (Å²) in [6.07, 6.45) is 0.0546. The van der Waals surface area contributed by atoms with Gasteiger partial charge in [0.05, 0.1) is 6.61 Å². The molecule has 0 saturated carbocycles. The SMILES string of the molecule is Nc1n[n+]([O-])c2cccc(OCC3CO3)c2[n+]1[O-]. The van der Waals surface area contributed by atoms with Crippen LogP contribution in [0.5, 0.6) is 5.75 Å². The molecule has 1 saturated heterocycles. The number of rotatable bonds is 3. The first-order valence-electron chi connectivity index (χ1n) is 5.33. The molecule has 1 aliphatic rings. The summed E-state index contributed by atoms with van der Waals surface area (Å²) >= 11 is 0. The van der Waals surface area contributed by atoms with Crippen molar-refractivity contribution in [1.29, 1.82) is 0 Å². The zero-order valence-electron chi connectivity index (χ0n) is 9.28. The molecule has 94 valence electrons. The highest BCUT2D eigenvalue weighted by Gasteiger charge is 2.25. The topological polar surface area (TPSA) is 115 Å². The first-order valence-corrected chi connectivity index (χ1v) is 5.33. The van der Waals surface area contributed by atoms with Crippen LogP contribution in [0.2, 0.25) is 0 Å². The van der Waals surface area contributed by atoms with Crippen LogP contribution in [-0.4, -0.2) is 24.4 Å². The van der Waals surface area contributed by atoms with Crippen LogP contribution in [0.15, 0.2) is 18.2 Å². The summed E-state index contributed by atoms with van der Waals surface area (Å²) in [6, 6.07) is 4.68. The van der Waals surface area contributed by atoms with Crippen molar-refractivity contribution in [3.05, 3.63) is 28.6 Å². The highest BCUT2D eigenvalue weighted by Crippen LogP contribution is 2.21. The van der Waals surface area contributed by atoms with E-state index < -0.39 is 5.95 Å². The van der Waals surface area contributed by atoms with Crippen molar-refractivity contribution in [2.75, 3.05) is 18.9 Å². The fourth-order valence-electron chi connectivity index (χ4n) is 1.63. The number of hydrogen-bond acceptors (Lipinski definition) is 6. The second kappa shape index (κ2) is 3.84. The van der Waals surface area contributed by atoms with Crippen molar-refractivity contribution >= 4 is 17.0 Å². The van der Waals surface area contributed by atoms with E-state index in [4.69, 9.17) is 15.2 Å². The lowest BCUT2D eigenvalue weighted by Crippen LogP contribution is -2.44. The molecule has 0 amide bonds. The van der Waals surface area contributed by atoms with Crippen molar-refractivity contribution in [2.45, 2.75) is 6.10 Å². The number of para-hydroxylation sites is 1. The van der Waals surface area contributed by atoms with E-state index in [1.807, 2.05) is 0 Å². The van der Waals surface area contributed by atoms with Crippen LogP contribution in [0.4, 0.5) is 5.95 Å². The molecule has 0 aliphatic carbocycles. The molecule has 1 unspecified atom stereocenters. The van der Waals surface area contributed by atoms with Gasteiger partial charge in [0.15, 0.2) is 5.75 Å². The van der Waals surface area contributed by atoms with Crippen LogP contribution in [0.3, 0.4) is 0 Å². The summed E-state index contributed by atoms with van der Waals surface area (Å²) in [4.78, 5) is 0.305. The Morgan fingerprint density at radius 2 is 2.28 bits per heavy atom. The Hall–Kier alpha value is -2.35. The van der Waals surface area contributed by atoms with Gasteiger partial charge in [-0.05, 0) is 6.07 Å². The molecule has 0 bridgehead atoms. The van der Waals surface area contributed by atoms with E-state index in [1.165, 1.54) is 6.07 Å². The van der Waals surface area contributed by atoms with Crippen molar-refractivity contribution in [2.24, 2.45) is 0 Å². The van der Waals surface area contributed by atoms with Gasteiger partial charge in [-0.15, -0.1) is 0 Å². The second-order valence-electron chi connectivity index (χ2n) is 3.92.